The predicted molar refractivity (Wildman–Crippen MR) is 123 cm³/mol. The average molecular weight is 470 g/mol. The Labute approximate surface area is 194 Å². The zero-order valence-corrected chi connectivity index (χ0v) is 19.2. The van der Waals surface area contributed by atoms with Crippen molar-refractivity contribution in [1.82, 2.24) is 14.8 Å². The van der Waals surface area contributed by atoms with Gasteiger partial charge >= 0.3 is 6.18 Å². The lowest BCUT2D eigenvalue weighted by Crippen LogP contribution is -2.48. The Morgan fingerprint density at radius 3 is 2.56 bits per heavy atom. The van der Waals surface area contributed by atoms with Crippen LogP contribution in [0.3, 0.4) is 0 Å². The molecule has 8 heteroatoms. The van der Waals surface area contributed by atoms with Gasteiger partial charge in [0.2, 0.25) is 0 Å². The lowest BCUT2D eigenvalue weighted by molar-refractivity contribution is -0.148. The first-order valence-corrected chi connectivity index (χ1v) is 11.5. The van der Waals surface area contributed by atoms with E-state index in [-0.39, 0.29) is 5.43 Å². The average Bonchev–Trinajstić information content (AvgIpc) is 2.82. The van der Waals surface area contributed by atoms with Gasteiger partial charge in [-0.2, -0.15) is 13.2 Å². The van der Waals surface area contributed by atoms with Crippen LogP contribution in [-0.4, -0.2) is 53.7 Å². The van der Waals surface area contributed by atoms with Crippen molar-refractivity contribution in [2.75, 3.05) is 32.7 Å². The smallest absolute Gasteiger partial charge is 0.401 e. The molecule has 2 heterocycles. The van der Waals surface area contributed by atoms with E-state index in [2.05, 4.69) is 4.90 Å². The van der Waals surface area contributed by atoms with Gasteiger partial charge in [0.25, 0.3) is 0 Å². The highest BCUT2D eigenvalue weighted by atomic mass is 19.4. The molecular weight excluding hydrogens is 443 g/mol. The third-order valence-corrected chi connectivity index (χ3v) is 6.83. The summed E-state index contributed by atoms with van der Waals surface area (Å²) in [5, 5.41) is 1.22. The number of halogens is 3. The van der Waals surface area contributed by atoms with Gasteiger partial charge in [-0.05, 0) is 37.1 Å². The molecule has 1 fully saturated rings. The molecule has 3 aliphatic carbocycles. The fourth-order valence-corrected chi connectivity index (χ4v) is 4.85. The van der Waals surface area contributed by atoms with Crippen LogP contribution in [0.2, 0.25) is 0 Å². The summed E-state index contributed by atoms with van der Waals surface area (Å²) in [5.41, 5.74) is 5.24. The first-order chi connectivity index (χ1) is 16.2. The molecular formula is C26H26F3N3O2. The van der Waals surface area contributed by atoms with E-state index in [1.807, 2.05) is 50.3 Å². The SMILES string of the molecule is Cc1c(C)c(=O)c(=C2C=CC=C(N3CCN(CC(F)(F)F)CC3)C2)c2oc3c(nc1=2)CC=CC=3. The Hall–Kier alpha value is -3.13. The summed E-state index contributed by atoms with van der Waals surface area (Å²) in [7, 11) is 0. The van der Waals surface area contributed by atoms with Crippen LogP contribution < -0.4 is 16.1 Å². The third-order valence-electron chi connectivity index (χ3n) is 6.83. The number of aromatic nitrogens is 1. The van der Waals surface area contributed by atoms with Gasteiger partial charge in [0.1, 0.15) is 10.8 Å². The monoisotopic (exact) mass is 469 g/mol. The van der Waals surface area contributed by atoms with Crippen molar-refractivity contribution in [1.29, 1.82) is 0 Å². The van der Waals surface area contributed by atoms with Crippen molar-refractivity contribution < 1.29 is 17.6 Å². The van der Waals surface area contributed by atoms with Crippen molar-refractivity contribution in [3.63, 3.8) is 0 Å². The van der Waals surface area contributed by atoms with E-state index in [9.17, 15) is 18.0 Å². The van der Waals surface area contributed by atoms with Gasteiger partial charge in [-0.15, -0.1) is 0 Å². The zero-order valence-electron chi connectivity index (χ0n) is 19.2. The van der Waals surface area contributed by atoms with Crippen molar-refractivity contribution in [2.24, 2.45) is 0 Å². The summed E-state index contributed by atoms with van der Waals surface area (Å²) < 4.78 is 44.5. The maximum Gasteiger partial charge on any atom is 0.401 e. The Morgan fingerprint density at radius 2 is 1.82 bits per heavy atom. The van der Waals surface area contributed by atoms with Gasteiger partial charge in [0.15, 0.2) is 10.8 Å². The molecule has 0 amide bonds. The molecule has 0 atom stereocenters. The second-order valence-corrected chi connectivity index (χ2v) is 9.05. The Bertz CT molecular complexity index is 1470. The van der Waals surface area contributed by atoms with Crippen molar-refractivity contribution in [2.45, 2.75) is 32.9 Å². The molecule has 0 spiro atoms. The fourth-order valence-electron chi connectivity index (χ4n) is 4.85. The molecule has 0 N–H and O–H groups in total. The molecule has 0 aromatic carbocycles. The number of alkyl halides is 3. The number of allylic oxidation sites excluding steroid dienone is 6. The number of hydrogen-bond donors (Lipinski definition) is 0. The second-order valence-electron chi connectivity index (χ2n) is 9.05. The molecule has 178 valence electrons. The van der Waals surface area contributed by atoms with Crippen LogP contribution in [0.15, 0.2) is 45.3 Å². The Morgan fingerprint density at radius 1 is 1.06 bits per heavy atom. The lowest BCUT2D eigenvalue weighted by atomic mass is 9.98. The van der Waals surface area contributed by atoms with E-state index in [0.29, 0.717) is 66.0 Å². The van der Waals surface area contributed by atoms with E-state index in [0.717, 1.165) is 22.5 Å². The highest BCUT2D eigenvalue weighted by Gasteiger charge is 2.32. The highest BCUT2D eigenvalue weighted by Crippen LogP contribution is 2.24. The number of rotatable bonds is 2. The maximum atomic E-state index is 13.4. The summed E-state index contributed by atoms with van der Waals surface area (Å²) in [6.07, 6.45) is 8.62. The molecule has 5 aliphatic rings. The predicted octanol–water partition coefficient (Wildman–Crippen LogP) is 2.44. The highest BCUT2D eigenvalue weighted by molar-refractivity contribution is 5.63. The van der Waals surface area contributed by atoms with E-state index >= 15 is 0 Å². The van der Waals surface area contributed by atoms with Crippen LogP contribution in [0.5, 0.6) is 0 Å². The largest absolute Gasteiger partial charge is 0.452 e. The maximum absolute atomic E-state index is 13.4. The molecule has 5 nitrogen and oxygen atoms in total. The number of fused-ring (bicyclic) bond motifs is 1. The minimum atomic E-state index is -4.19. The normalized spacial score (nSPS) is 20.4. The molecule has 2 aliphatic heterocycles. The molecule has 0 unspecified atom stereocenters. The molecule has 34 heavy (non-hydrogen) atoms. The molecule has 0 bridgehead atoms. The van der Waals surface area contributed by atoms with Crippen molar-refractivity contribution in [3.8, 4) is 0 Å². The Balaban J connectivity index is 1.55. The van der Waals surface area contributed by atoms with Crippen LogP contribution in [0, 0.1) is 24.6 Å². The molecule has 1 saturated heterocycles. The van der Waals surface area contributed by atoms with E-state index in [1.54, 1.807) is 0 Å². The summed E-state index contributed by atoms with van der Waals surface area (Å²) >= 11 is 0. The quantitative estimate of drug-likeness (QED) is 0.677. The van der Waals surface area contributed by atoms with Crippen LogP contribution in [0.4, 0.5) is 13.2 Å². The minimum Gasteiger partial charge on any atom is -0.452 e. The summed E-state index contributed by atoms with van der Waals surface area (Å²) in [6.45, 7) is 4.57. The zero-order chi connectivity index (χ0) is 24.0. The van der Waals surface area contributed by atoms with Crippen LogP contribution >= 0.6 is 0 Å². The van der Waals surface area contributed by atoms with Gasteiger partial charge in [0, 0.05) is 50.3 Å². The first kappa shape index (κ1) is 22.7. The number of hydrogen-bond acceptors (Lipinski definition) is 5. The summed E-state index contributed by atoms with van der Waals surface area (Å²) in [6, 6.07) is 0. The Kier molecular flexibility index (Phi) is 5.72. The van der Waals surface area contributed by atoms with Crippen LogP contribution in [0.25, 0.3) is 11.6 Å². The van der Waals surface area contributed by atoms with Crippen LogP contribution in [-0.2, 0) is 6.42 Å². The first-order valence-electron chi connectivity index (χ1n) is 11.5. The molecule has 0 aromatic heterocycles. The standard InChI is InChI=1S/C26H26F3N3O2/c1-16-17(2)24(33)22(25-23(16)30-20-8-3-4-9-21(20)34-25)18-6-5-7-19(14-18)32-12-10-31(11-13-32)15-26(27,28)29/h3-7,9H,8,10-15H2,1-2H3. The van der Waals surface area contributed by atoms with Gasteiger partial charge in [-0.25, -0.2) is 4.98 Å². The molecule has 0 radical (unpaired) electrons. The summed E-state index contributed by atoms with van der Waals surface area (Å²) in [5.74, 6) is 0. The molecule has 0 aromatic rings. The van der Waals surface area contributed by atoms with Crippen molar-refractivity contribution >= 4 is 11.6 Å². The van der Waals surface area contributed by atoms with E-state index in [4.69, 9.17) is 9.40 Å². The summed E-state index contributed by atoms with van der Waals surface area (Å²) in [4.78, 5) is 21.8. The van der Waals surface area contributed by atoms with Gasteiger partial charge < -0.3 is 9.32 Å². The van der Waals surface area contributed by atoms with Gasteiger partial charge in [-0.1, -0.05) is 24.3 Å². The van der Waals surface area contributed by atoms with Crippen LogP contribution in [0.1, 0.15) is 23.2 Å². The minimum absolute atomic E-state index is 0.0715. The molecule has 0 saturated carbocycles. The molecule has 5 rings (SSSR count). The van der Waals surface area contributed by atoms with Crippen molar-refractivity contribution in [3.05, 3.63) is 84.5 Å². The fraction of sp³-hybridized carbons (Fsp3) is 0.385. The van der Waals surface area contributed by atoms with Gasteiger partial charge in [0.05, 0.1) is 17.5 Å². The number of nitrogens with zero attached hydrogens (tertiary/aromatic N) is 3. The van der Waals surface area contributed by atoms with E-state index in [1.165, 1.54) is 4.90 Å². The number of piperazine rings is 1. The topological polar surface area (TPSA) is 49.6 Å². The second kappa shape index (κ2) is 8.58. The lowest BCUT2D eigenvalue weighted by Gasteiger charge is -2.38. The third kappa shape index (κ3) is 4.22. The van der Waals surface area contributed by atoms with E-state index < -0.39 is 12.7 Å². The van der Waals surface area contributed by atoms with Gasteiger partial charge in [-0.3, -0.25) is 9.69 Å².